The highest BCUT2D eigenvalue weighted by Crippen LogP contribution is 2.28. The third-order valence-electron chi connectivity index (χ3n) is 3.42. The van der Waals surface area contributed by atoms with Crippen molar-refractivity contribution < 1.29 is 0 Å². The second-order valence-corrected chi connectivity index (χ2v) is 5.05. The SMILES string of the molecule is CC1(C)NCCc2c1ncn2-c1ccccc1. The first kappa shape index (κ1) is 10.5. The summed E-state index contributed by atoms with van der Waals surface area (Å²) in [5.74, 6) is 0. The number of rotatable bonds is 1. The van der Waals surface area contributed by atoms with Crippen LogP contribution in [0.1, 0.15) is 25.2 Å². The molecule has 88 valence electrons. The Morgan fingerprint density at radius 1 is 1.24 bits per heavy atom. The molecule has 3 rings (SSSR count). The molecule has 1 N–H and O–H groups in total. The van der Waals surface area contributed by atoms with Gasteiger partial charge in [0.05, 0.1) is 17.6 Å². The number of aromatic nitrogens is 2. The predicted molar refractivity (Wildman–Crippen MR) is 68.3 cm³/mol. The molecular weight excluding hydrogens is 210 g/mol. The van der Waals surface area contributed by atoms with E-state index in [1.54, 1.807) is 0 Å². The van der Waals surface area contributed by atoms with Crippen LogP contribution in [0.5, 0.6) is 0 Å². The molecule has 3 nitrogen and oxygen atoms in total. The smallest absolute Gasteiger partial charge is 0.0998 e. The molecule has 0 aliphatic carbocycles. The zero-order chi connectivity index (χ0) is 11.9. The Morgan fingerprint density at radius 3 is 2.76 bits per heavy atom. The Balaban J connectivity index is 2.13. The third-order valence-corrected chi connectivity index (χ3v) is 3.42. The lowest BCUT2D eigenvalue weighted by molar-refractivity contribution is 0.370. The zero-order valence-electron chi connectivity index (χ0n) is 10.3. The largest absolute Gasteiger partial charge is 0.306 e. The third kappa shape index (κ3) is 1.67. The van der Waals surface area contributed by atoms with Crippen LogP contribution in [-0.4, -0.2) is 16.1 Å². The van der Waals surface area contributed by atoms with Crippen molar-refractivity contribution in [1.82, 2.24) is 14.9 Å². The molecule has 0 amide bonds. The summed E-state index contributed by atoms with van der Waals surface area (Å²) in [6.07, 6.45) is 2.97. The van der Waals surface area contributed by atoms with Crippen LogP contribution in [-0.2, 0) is 12.0 Å². The van der Waals surface area contributed by atoms with Gasteiger partial charge in [0.1, 0.15) is 0 Å². The Kier molecular flexibility index (Phi) is 2.30. The maximum atomic E-state index is 4.59. The molecule has 1 aromatic heterocycles. The summed E-state index contributed by atoms with van der Waals surface area (Å²) < 4.78 is 2.21. The number of hydrogen-bond acceptors (Lipinski definition) is 2. The lowest BCUT2D eigenvalue weighted by Gasteiger charge is -2.30. The first-order valence-electron chi connectivity index (χ1n) is 6.06. The Hall–Kier alpha value is -1.61. The molecule has 1 aromatic carbocycles. The van der Waals surface area contributed by atoms with Gasteiger partial charge in [-0.1, -0.05) is 18.2 Å². The number of fused-ring (bicyclic) bond motifs is 1. The number of nitrogens with one attached hydrogen (secondary N) is 1. The van der Waals surface area contributed by atoms with Gasteiger partial charge in [-0.25, -0.2) is 4.98 Å². The highest BCUT2D eigenvalue weighted by atomic mass is 15.1. The molecule has 3 heteroatoms. The second-order valence-electron chi connectivity index (χ2n) is 5.05. The van der Waals surface area contributed by atoms with Gasteiger partial charge >= 0.3 is 0 Å². The minimum Gasteiger partial charge on any atom is -0.306 e. The molecule has 2 heterocycles. The normalized spacial score (nSPS) is 17.8. The van der Waals surface area contributed by atoms with Gasteiger partial charge in [-0.3, -0.25) is 0 Å². The van der Waals surface area contributed by atoms with E-state index in [4.69, 9.17) is 0 Å². The molecule has 0 saturated carbocycles. The van der Waals surface area contributed by atoms with Crippen molar-refractivity contribution in [2.75, 3.05) is 6.54 Å². The van der Waals surface area contributed by atoms with E-state index in [0.29, 0.717) is 0 Å². The standard InChI is InChI=1S/C14H17N3/c1-14(2)13-12(8-9-16-14)17(10-15-13)11-6-4-3-5-7-11/h3-7,10,16H,8-9H2,1-2H3. The molecule has 2 aromatic rings. The van der Waals surface area contributed by atoms with Crippen LogP contribution in [0.2, 0.25) is 0 Å². The minimum absolute atomic E-state index is 0.0202. The van der Waals surface area contributed by atoms with Crippen molar-refractivity contribution in [2.24, 2.45) is 0 Å². The number of imidazole rings is 1. The first-order valence-corrected chi connectivity index (χ1v) is 6.06. The zero-order valence-corrected chi connectivity index (χ0v) is 10.3. The molecular formula is C14H17N3. The van der Waals surface area contributed by atoms with Gasteiger partial charge in [0, 0.05) is 24.3 Å². The highest BCUT2D eigenvalue weighted by Gasteiger charge is 2.30. The quantitative estimate of drug-likeness (QED) is 0.809. The van der Waals surface area contributed by atoms with Crippen LogP contribution in [0.15, 0.2) is 36.7 Å². The summed E-state index contributed by atoms with van der Waals surface area (Å²) in [6, 6.07) is 10.4. The van der Waals surface area contributed by atoms with E-state index in [2.05, 4.69) is 53.0 Å². The first-order chi connectivity index (χ1) is 8.18. The van der Waals surface area contributed by atoms with Crippen LogP contribution in [0.3, 0.4) is 0 Å². The van der Waals surface area contributed by atoms with E-state index in [9.17, 15) is 0 Å². The highest BCUT2D eigenvalue weighted by molar-refractivity contribution is 5.37. The summed E-state index contributed by atoms with van der Waals surface area (Å²) in [5, 5.41) is 3.50. The molecule has 1 aliphatic heterocycles. The summed E-state index contributed by atoms with van der Waals surface area (Å²) in [6.45, 7) is 5.39. The summed E-state index contributed by atoms with van der Waals surface area (Å²) >= 11 is 0. The average Bonchev–Trinajstić information content (AvgIpc) is 2.75. The molecule has 1 aliphatic rings. The van der Waals surface area contributed by atoms with Crippen molar-refractivity contribution in [3.05, 3.63) is 48.0 Å². The van der Waals surface area contributed by atoms with E-state index >= 15 is 0 Å². The van der Waals surface area contributed by atoms with Gasteiger partial charge in [-0.15, -0.1) is 0 Å². The fraction of sp³-hybridized carbons (Fsp3) is 0.357. The number of nitrogens with zero attached hydrogens (tertiary/aromatic N) is 2. The minimum atomic E-state index is -0.0202. The Labute approximate surface area is 101 Å². The summed E-state index contributed by atoms with van der Waals surface area (Å²) in [5.41, 5.74) is 3.68. The van der Waals surface area contributed by atoms with Gasteiger partial charge < -0.3 is 9.88 Å². The van der Waals surface area contributed by atoms with Crippen molar-refractivity contribution in [2.45, 2.75) is 25.8 Å². The monoisotopic (exact) mass is 227 g/mol. The van der Waals surface area contributed by atoms with Crippen LogP contribution in [0, 0.1) is 0 Å². The Morgan fingerprint density at radius 2 is 2.00 bits per heavy atom. The van der Waals surface area contributed by atoms with Gasteiger partial charge in [-0.2, -0.15) is 0 Å². The van der Waals surface area contributed by atoms with Gasteiger partial charge in [0.25, 0.3) is 0 Å². The predicted octanol–water partition coefficient (Wildman–Crippen LogP) is 2.25. The lowest BCUT2D eigenvalue weighted by Crippen LogP contribution is -2.43. The molecule has 0 unspecified atom stereocenters. The number of benzene rings is 1. The fourth-order valence-corrected chi connectivity index (χ4v) is 2.52. The van der Waals surface area contributed by atoms with Gasteiger partial charge in [0.15, 0.2) is 0 Å². The molecule has 0 spiro atoms. The van der Waals surface area contributed by atoms with Crippen LogP contribution >= 0.6 is 0 Å². The van der Waals surface area contributed by atoms with E-state index in [-0.39, 0.29) is 5.54 Å². The van der Waals surface area contributed by atoms with Crippen molar-refractivity contribution in [3.8, 4) is 5.69 Å². The van der Waals surface area contributed by atoms with Crippen molar-refractivity contribution in [1.29, 1.82) is 0 Å². The topological polar surface area (TPSA) is 29.9 Å². The van der Waals surface area contributed by atoms with Gasteiger partial charge in [-0.05, 0) is 26.0 Å². The van der Waals surface area contributed by atoms with Gasteiger partial charge in [0.2, 0.25) is 0 Å². The average molecular weight is 227 g/mol. The van der Waals surface area contributed by atoms with Crippen molar-refractivity contribution >= 4 is 0 Å². The van der Waals surface area contributed by atoms with E-state index < -0.39 is 0 Å². The van der Waals surface area contributed by atoms with Crippen LogP contribution in [0.4, 0.5) is 0 Å². The lowest BCUT2D eigenvalue weighted by atomic mass is 9.93. The molecule has 0 atom stereocenters. The van der Waals surface area contributed by atoms with Crippen LogP contribution < -0.4 is 5.32 Å². The summed E-state index contributed by atoms with van der Waals surface area (Å²) in [4.78, 5) is 4.59. The molecule has 0 bridgehead atoms. The van der Waals surface area contributed by atoms with E-state index in [1.165, 1.54) is 17.1 Å². The second kappa shape index (κ2) is 3.70. The summed E-state index contributed by atoms with van der Waals surface area (Å²) in [7, 11) is 0. The molecule has 0 radical (unpaired) electrons. The fourth-order valence-electron chi connectivity index (χ4n) is 2.52. The molecule has 0 saturated heterocycles. The van der Waals surface area contributed by atoms with Crippen LogP contribution in [0.25, 0.3) is 5.69 Å². The number of hydrogen-bond donors (Lipinski definition) is 1. The maximum Gasteiger partial charge on any atom is 0.0998 e. The van der Waals surface area contributed by atoms with E-state index in [1.807, 2.05) is 12.4 Å². The van der Waals surface area contributed by atoms with E-state index in [0.717, 1.165) is 13.0 Å². The maximum absolute atomic E-state index is 4.59. The van der Waals surface area contributed by atoms with Crippen molar-refractivity contribution in [3.63, 3.8) is 0 Å². The molecule has 17 heavy (non-hydrogen) atoms. The Bertz CT molecular complexity index is 526. The number of para-hydroxylation sites is 1. The molecule has 0 fully saturated rings.